The van der Waals surface area contributed by atoms with E-state index in [9.17, 15) is 8.42 Å². The lowest BCUT2D eigenvalue weighted by atomic mass is 10.3. The monoisotopic (exact) mass is 362 g/mol. The van der Waals surface area contributed by atoms with Crippen molar-refractivity contribution in [2.75, 3.05) is 7.11 Å². The summed E-state index contributed by atoms with van der Waals surface area (Å²) in [6.45, 7) is 0. The quantitative estimate of drug-likeness (QED) is 0.782. The van der Waals surface area contributed by atoms with Crippen LogP contribution in [0.5, 0.6) is 5.75 Å². The van der Waals surface area contributed by atoms with Crippen molar-refractivity contribution in [3.8, 4) is 5.75 Å². The minimum absolute atomic E-state index is 0.538. The van der Waals surface area contributed by atoms with Crippen LogP contribution in [0, 0.1) is 0 Å². The second kappa shape index (κ2) is 13.9. The van der Waals surface area contributed by atoms with Crippen LogP contribution in [0.25, 0.3) is 0 Å². The molecule has 0 aliphatic heterocycles. The number of hydrogen-bond acceptors (Lipinski definition) is 8. The van der Waals surface area contributed by atoms with Crippen molar-refractivity contribution in [1.82, 2.24) is 0 Å². The summed E-state index contributed by atoms with van der Waals surface area (Å²) in [5.74, 6) is 0.538. The Kier molecular flexibility index (Phi) is 13.2. The van der Waals surface area contributed by atoms with E-state index in [-0.39, 0.29) is 0 Å². The summed E-state index contributed by atoms with van der Waals surface area (Å²) < 4.78 is 28.6. The van der Waals surface area contributed by atoms with Crippen LogP contribution in [-0.4, -0.2) is 7.11 Å². The van der Waals surface area contributed by atoms with Gasteiger partial charge in [-0.2, -0.15) is 11.2 Å². The largest absolute Gasteiger partial charge is 0.551 e. The molecule has 0 fully saturated rings. The molecule has 8 heteroatoms. The van der Waals surface area contributed by atoms with Crippen molar-refractivity contribution >= 4 is 41.7 Å². The molecule has 0 aliphatic carbocycles. The highest BCUT2D eigenvalue weighted by molar-refractivity contribution is 8.19. The van der Waals surface area contributed by atoms with Crippen molar-refractivity contribution in [1.29, 1.82) is 0 Å². The van der Waals surface area contributed by atoms with Gasteiger partial charge in [-0.1, -0.05) is 64.2 Å². The van der Waals surface area contributed by atoms with E-state index >= 15 is 0 Å². The first kappa shape index (κ1) is 19.9. The summed E-state index contributed by atoms with van der Waals surface area (Å²) in [7, 11) is -1.83. The molecule has 4 nitrogen and oxygen atoms in total. The van der Waals surface area contributed by atoms with Gasteiger partial charge in [-0.05, 0) is 21.8 Å². The van der Waals surface area contributed by atoms with Gasteiger partial charge < -0.3 is 16.8 Å². The highest BCUT2D eigenvalue weighted by atomic mass is 32.8. The maximum absolute atomic E-state index is 10.3. The predicted octanol–water partition coefficient (Wildman–Crippen LogP) is 3.07. The van der Waals surface area contributed by atoms with Crippen LogP contribution in [0.15, 0.2) is 66.7 Å². The van der Waals surface area contributed by atoms with Gasteiger partial charge in [-0.25, -0.2) is 11.2 Å². The van der Waals surface area contributed by atoms with Crippen LogP contribution >= 0.6 is 0 Å². The third-order valence-electron chi connectivity index (χ3n) is 1.71. The standard InChI is InChI=1S/C6H5O2S2.C6H6.CH3O2S2/c7-10(9)8-6-4-2-1-3-5-6;1-2-4-6-5-3-1;1-3-5(2)4/h1-5H;1-6H;1H3/q-1;;-1. The first-order valence-electron chi connectivity index (χ1n) is 5.52. The fourth-order valence-corrected chi connectivity index (χ4v) is 1.44. The SMILES string of the molecule is CO[S-](=O)=S.O=[S-](=S)Oc1ccccc1.c1ccccc1. The van der Waals surface area contributed by atoms with Gasteiger partial charge in [0.05, 0.1) is 5.75 Å². The average molecular weight is 363 g/mol. The first-order chi connectivity index (χ1) is 10.1. The number of hydrogen-bond donors (Lipinski definition) is 0. The Morgan fingerprint density at radius 2 is 1.10 bits per heavy atom. The molecule has 0 atom stereocenters. The van der Waals surface area contributed by atoms with Crippen molar-refractivity contribution < 1.29 is 16.8 Å². The van der Waals surface area contributed by atoms with E-state index < -0.39 is 19.3 Å². The zero-order chi connectivity index (χ0) is 15.9. The molecule has 0 heterocycles. The van der Waals surface area contributed by atoms with Gasteiger partial charge in [0.2, 0.25) is 0 Å². The van der Waals surface area contributed by atoms with Gasteiger partial charge >= 0.3 is 0 Å². The molecular weight excluding hydrogens is 348 g/mol. The van der Waals surface area contributed by atoms with Crippen molar-refractivity contribution in [3.63, 3.8) is 0 Å². The summed E-state index contributed by atoms with van der Waals surface area (Å²) in [6.07, 6.45) is 0. The molecule has 0 saturated heterocycles. The van der Waals surface area contributed by atoms with Crippen LogP contribution in [-0.2, 0) is 54.3 Å². The summed E-state index contributed by atoms with van der Waals surface area (Å²) >= 11 is 8.34. The number of benzene rings is 2. The summed E-state index contributed by atoms with van der Waals surface area (Å²) in [5.41, 5.74) is 0. The van der Waals surface area contributed by atoms with Gasteiger partial charge in [0.25, 0.3) is 0 Å². The van der Waals surface area contributed by atoms with Gasteiger partial charge in [-0.15, -0.1) is 0 Å². The average Bonchev–Trinajstić information content (AvgIpc) is 2.50. The minimum atomic E-state index is -1.63. The number of rotatable bonds is 3. The Morgan fingerprint density at radius 3 is 1.38 bits per heavy atom. The third kappa shape index (κ3) is 15.2. The van der Waals surface area contributed by atoms with Gasteiger partial charge in [0.15, 0.2) is 0 Å². The molecule has 21 heavy (non-hydrogen) atoms. The van der Waals surface area contributed by atoms with Crippen molar-refractivity contribution in [2.24, 2.45) is 0 Å². The molecule has 0 N–H and O–H groups in total. The normalized spacial score (nSPS) is 9.10. The molecule has 0 amide bonds. The molecule has 0 spiro atoms. The van der Waals surface area contributed by atoms with Crippen molar-refractivity contribution in [2.45, 2.75) is 0 Å². The minimum Gasteiger partial charge on any atom is -0.551 e. The molecule has 116 valence electrons. The summed E-state index contributed by atoms with van der Waals surface area (Å²) in [6, 6.07) is 20.8. The lowest BCUT2D eigenvalue weighted by Crippen LogP contribution is -1.85. The molecule has 0 radical (unpaired) electrons. The van der Waals surface area contributed by atoms with Crippen LogP contribution in [0.1, 0.15) is 0 Å². The molecule has 0 saturated carbocycles. The molecule has 0 bridgehead atoms. The first-order valence-corrected chi connectivity index (χ1v) is 9.52. The van der Waals surface area contributed by atoms with Gasteiger partial charge in [0.1, 0.15) is 0 Å². The second-order valence-corrected chi connectivity index (χ2v) is 6.08. The summed E-state index contributed by atoms with van der Waals surface area (Å²) in [4.78, 5) is 0. The zero-order valence-electron chi connectivity index (χ0n) is 11.1. The second-order valence-electron chi connectivity index (χ2n) is 3.13. The molecule has 0 aliphatic rings. The maximum atomic E-state index is 10.3. The number of para-hydroxylation sites is 1. The predicted molar refractivity (Wildman–Crippen MR) is 91.4 cm³/mol. The van der Waals surface area contributed by atoms with Gasteiger partial charge in [-0.3, -0.25) is 0 Å². The van der Waals surface area contributed by atoms with E-state index in [1.54, 1.807) is 24.3 Å². The molecule has 0 unspecified atom stereocenters. The van der Waals surface area contributed by atoms with E-state index in [0.717, 1.165) is 0 Å². The Morgan fingerprint density at radius 1 is 0.762 bits per heavy atom. The van der Waals surface area contributed by atoms with Gasteiger partial charge in [0, 0.05) is 7.11 Å². The van der Waals surface area contributed by atoms with E-state index in [1.165, 1.54) is 7.11 Å². The van der Waals surface area contributed by atoms with E-state index in [2.05, 4.69) is 26.6 Å². The van der Waals surface area contributed by atoms with Crippen molar-refractivity contribution in [3.05, 3.63) is 66.7 Å². The fourth-order valence-electron chi connectivity index (χ4n) is 0.940. The molecular formula is C13H14O4S4-2. The fraction of sp³-hybridized carbons (Fsp3) is 0.0769. The Labute approximate surface area is 137 Å². The summed E-state index contributed by atoms with van der Waals surface area (Å²) in [5, 5.41) is 0. The van der Waals surface area contributed by atoms with E-state index in [0.29, 0.717) is 5.75 Å². The highest BCUT2D eigenvalue weighted by Crippen LogP contribution is 2.07. The third-order valence-corrected chi connectivity index (χ3v) is 2.92. The molecule has 2 aromatic rings. The highest BCUT2D eigenvalue weighted by Gasteiger charge is 1.80. The topological polar surface area (TPSA) is 52.6 Å². The zero-order valence-corrected chi connectivity index (χ0v) is 14.4. The van der Waals surface area contributed by atoms with E-state index in [4.69, 9.17) is 4.18 Å². The van der Waals surface area contributed by atoms with Crippen LogP contribution < -0.4 is 4.18 Å². The Hall–Kier alpha value is -1.06. The molecule has 2 rings (SSSR count). The lowest BCUT2D eigenvalue weighted by molar-refractivity contribution is 0.444. The van der Waals surface area contributed by atoms with Crippen LogP contribution in [0.4, 0.5) is 0 Å². The Balaban J connectivity index is 0.000000312. The van der Waals surface area contributed by atoms with Crippen LogP contribution in [0.2, 0.25) is 0 Å². The maximum Gasteiger partial charge on any atom is 0.0999 e. The Bertz CT molecular complexity index is 568. The smallest absolute Gasteiger partial charge is 0.0999 e. The van der Waals surface area contributed by atoms with Crippen LogP contribution in [0.3, 0.4) is 0 Å². The van der Waals surface area contributed by atoms with E-state index in [1.807, 2.05) is 42.5 Å². The molecule has 0 aromatic heterocycles. The lowest BCUT2D eigenvalue weighted by Gasteiger charge is -2.04. The molecule has 2 aromatic carbocycles.